The molecule has 2 aliphatic rings. The predicted octanol–water partition coefficient (Wildman–Crippen LogP) is 2.03. The number of aryl methyl sites for hydroxylation is 3. The molecule has 1 aromatic carbocycles. The van der Waals surface area contributed by atoms with Crippen LogP contribution in [0, 0.1) is 0 Å². The highest BCUT2D eigenvalue weighted by molar-refractivity contribution is 5.95. The predicted molar refractivity (Wildman–Crippen MR) is 133 cm³/mol. The first-order valence-electron chi connectivity index (χ1n) is 12.4. The van der Waals surface area contributed by atoms with E-state index in [1.165, 1.54) is 11.8 Å². The average Bonchev–Trinajstić information content (AvgIpc) is 3.57. The molecule has 0 saturated carbocycles. The van der Waals surface area contributed by atoms with Crippen molar-refractivity contribution in [3.8, 4) is 0 Å². The molecule has 0 bridgehead atoms. The van der Waals surface area contributed by atoms with Crippen LogP contribution in [0.25, 0.3) is 11.0 Å². The molecule has 4 heterocycles. The summed E-state index contributed by atoms with van der Waals surface area (Å²) in [6, 6.07) is 5.44. The van der Waals surface area contributed by atoms with Gasteiger partial charge in [-0.05, 0) is 44.4 Å². The zero-order valence-electron chi connectivity index (χ0n) is 20.6. The molecule has 11 nitrogen and oxygen atoms in total. The number of anilines is 1. The van der Waals surface area contributed by atoms with E-state index in [9.17, 15) is 19.5 Å². The summed E-state index contributed by atoms with van der Waals surface area (Å²) in [6.07, 6.45) is 5.39. The molecule has 1 fully saturated rings. The highest BCUT2D eigenvalue weighted by Gasteiger charge is 2.32. The van der Waals surface area contributed by atoms with Gasteiger partial charge >= 0.3 is 6.09 Å². The van der Waals surface area contributed by atoms with Crippen molar-refractivity contribution in [3.05, 3.63) is 42.0 Å². The summed E-state index contributed by atoms with van der Waals surface area (Å²) in [5.74, 6) is 0.645. The number of carboxylic acid groups (broad SMARTS) is 1. The highest BCUT2D eigenvalue weighted by Crippen LogP contribution is 2.36. The van der Waals surface area contributed by atoms with Crippen LogP contribution in [0.4, 0.5) is 10.5 Å². The van der Waals surface area contributed by atoms with Crippen molar-refractivity contribution in [1.29, 1.82) is 0 Å². The second kappa shape index (κ2) is 9.63. The van der Waals surface area contributed by atoms with E-state index >= 15 is 0 Å². The summed E-state index contributed by atoms with van der Waals surface area (Å²) < 4.78 is 3.78. The lowest BCUT2D eigenvalue weighted by molar-refractivity contribution is -0.131. The maximum absolute atomic E-state index is 13.3. The smallest absolute Gasteiger partial charge is 0.412 e. The first-order chi connectivity index (χ1) is 17.3. The Bertz CT molecular complexity index is 1300. The number of carbonyl (C=O) groups is 3. The molecule has 2 atom stereocenters. The summed E-state index contributed by atoms with van der Waals surface area (Å²) in [5, 5.41) is 17.0. The van der Waals surface area contributed by atoms with Crippen LogP contribution >= 0.6 is 0 Å². The monoisotopic (exact) mass is 493 g/mol. The SMILES string of the molecule is CC(=O)N[C@@H]1CCN(C(=O)Cn2c(CCn3cccn3)nc3c4c(ccc32)N(C(=O)O)[C@@H](C)CC4)C1. The summed E-state index contributed by atoms with van der Waals surface area (Å²) in [5.41, 5.74) is 3.16. The van der Waals surface area contributed by atoms with Gasteiger partial charge in [-0.3, -0.25) is 19.2 Å². The molecule has 0 radical (unpaired) electrons. The first-order valence-corrected chi connectivity index (χ1v) is 12.4. The Balaban J connectivity index is 1.48. The van der Waals surface area contributed by atoms with Gasteiger partial charge in [-0.15, -0.1) is 0 Å². The minimum Gasteiger partial charge on any atom is -0.465 e. The van der Waals surface area contributed by atoms with Crippen molar-refractivity contribution < 1.29 is 19.5 Å². The van der Waals surface area contributed by atoms with E-state index in [1.807, 2.05) is 40.6 Å². The summed E-state index contributed by atoms with van der Waals surface area (Å²) >= 11 is 0. The van der Waals surface area contributed by atoms with Gasteiger partial charge in [0.25, 0.3) is 0 Å². The number of fused-ring (bicyclic) bond motifs is 3. The third-order valence-corrected chi connectivity index (χ3v) is 7.16. The molecule has 0 spiro atoms. The lowest BCUT2D eigenvalue weighted by Crippen LogP contribution is -2.41. The fourth-order valence-electron chi connectivity index (χ4n) is 5.41. The first kappa shape index (κ1) is 23.8. The maximum Gasteiger partial charge on any atom is 0.412 e. The van der Waals surface area contributed by atoms with Gasteiger partial charge in [0.1, 0.15) is 12.4 Å². The van der Waals surface area contributed by atoms with Crippen LogP contribution < -0.4 is 10.2 Å². The van der Waals surface area contributed by atoms with Gasteiger partial charge in [-0.25, -0.2) is 9.78 Å². The maximum atomic E-state index is 13.3. The second-order valence-corrected chi connectivity index (χ2v) is 9.63. The standard InChI is InChI=1S/C25H31N7O4/c1-16-4-5-19-20(32(16)25(35)36)6-7-21-24(19)28-22(9-13-30-11-3-10-26-30)31(21)15-23(34)29-12-8-18(14-29)27-17(2)33/h3,6-7,10-11,16,18H,4-5,8-9,12-15H2,1-2H3,(H,27,33)(H,35,36)/t16-,18+/m0/s1. The van der Waals surface area contributed by atoms with Crippen molar-refractivity contribution in [2.45, 2.75) is 64.7 Å². The minimum absolute atomic E-state index is 0.0266. The lowest BCUT2D eigenvalue weighted by atomic mass is 9.96. The fraction of sp³-hybridized carbons (Fsp3) is 0.480. The zero-order valence-corrected chi connectivity index (χ0v) is 20.6. The van der Waals surface area contributed by atoms with E-state index in [0.29, 0.717) is 38.2 Å². The second-order valence-electron chi connectivity index (χ2n) is 9.63. The molecule has 0 aliphatic carbocycles. The Kier molecular flexibility index (Phi) is 6.38. The molecule has 11 heteroatoms. The van der Waals surface area contributed by atoms with Crippen LogP contribution in [0.15, 0.2) is 30.6 Å². The number of imidazole rings is 1. The number of nitrogens with one attached hydrogen (secondary N) is 1. The minimum atomic E-state index is -0.973. The molecule has 5 rings (SSSR count). The molecule has 2 aliphatic heterocycles. The quantitative estimate of drug-likeness (QED) is 0.541. The molecule has 1 saturated heterocycles. The van der Waals surface area contributed by atoms with Crippen molar-refractivity contribution >= 4 is 34.6 Å². The Labute approximate surface area is 208 Å². The van der Waals surface area contributed by atoms with E-state index in [4.69, 9.17) is 4.98 Å². The van der Waals surface area contributed by atoms with Crippen molar-refractivity contribution in [3.63, 3.8) is 0 Å². The molecule has 0 unspecified atom stereocenters. The number of carbonyl (C=O) groups excluding carboxylic acids is 2. The van der Waals surface area contributed by atoms with Crippen molar-refractivity contribution in [2.75, 3.05) is 18.0 Å². The van der Waals surface area contributed by atoms with Crippen LogP contribution in [0.1, 0.15) is 38.1 Å². The molecule has 36 heavy (non-hydrogen) atoms. The van der Waals surface area contributed by atoms with Crippen LogP contribution in [0.2, 0.25) is 0 Å². The number of hydrogen-bond donors (Lipinski definition) is 2. The van der Waals surface area contributed by atoms with E-state index < -0.39 is 6.09 Å². The van der Waals surface area contributed by atoms with E-state index in [1.54, 1.807) is 11.1 Å². The largest absolute Gasteiger partial charge is 0.465 e. The Hall–Kier alpha value is -3.89. The van der Waals surface area contributed by atoms with Gasteiger partial charge in [0.15, 0.2) is 0 Å². The molecule has 2 aromatic heterocycles. The van der Waals surface area contributed by atoms with Gasteiger partial charge in [0.2, 0.25) is 11.8 Å². The van der Waals surface area contributed by atoms with Gasteiger partial charge < -0.3 is 19.9 Å². The summed E-state index contributed by atoms with van der Waals surface area (Å²) in [6.45, 7) is 5.24. The third kappa shape index (κ3) is 4.52. The Morgan fingerprint density at radius 3 is 2.78 bits per heavy atom. The fourth-order valence-corrected chi connectivity index (χ4v) is 5.41. The molecule has 2 N–H and O–H groups in total. The summed E-state index contributed by atoms with van der Waals surface area (Å²) in [4.78, 5) is 44.9. The number of likely N-dealkylation sites (tertiary alicyclic amines) is 1. The van der Waals surface area contributed by atoms with E-state index in [-0.39, 0.29) is 30.4 Å². The average molecular weight is 494 g/mol. The molecule has 3 amide bonds. The molecule has 3 aromatic rings. The summed E-state index contributed by atoms with van der Waals surface area (Å²) in [7, 11) is 0. The van der Waals surface area contributed by atoms with Gasteiger partial charge in [0, 0.05) is 63.0 Å². The van der Waals surface area contributed by atoms with E-state index in [2.05, 4.69) is 10.4 Å². The van der Waals surface area contributed by atoms with Gasteiger partial charge in [-0.1, -0.05) is 0 Å². The number of benzene rings is 1. The Morgan fingerprint density at radius 2 is 2.06 bits per heavy atom. The van der Waals surface area contributed by atoms with E-state index in [0.717, 1.165) is 35.3 Å². The number of hydrogen-bond acceptors (Lipinski definition) is 5. The van der Waals surface area contributed by atoms with Gasteiger partial charge in [-0.2, -0.15) is 5.10 Å². The van der Waals surface area contributed by atoms with Crippen LogP contribution in [0.3, 0.4) is 0 Å². The molecular formula is C25H31N7O4. The third-order valence-electron chi connectivity index (χ3n) is 7.16. The molecule has 190 valence electrons. The topological polar surface area (TPSA) is 126 Å². The van der Waals surface area contributed by atoms with Crippen LogP contribution in [0.5, 0.6) is 0 Å². The number of aromatic nitrogens is 4. The molecular weight excluding hydrogens is 462 g/mol. The zero-order chi connectivity index (χ0) is 25.4. The Morgan fingerprint density at radius 1 is 1.22 bits per heavy atom. The highest BCUT2D eigenvalue weighted by atomic mass is 16.4. The van der Waals surface area contributed by atoms with Crippen molar-refractivity contribution in [1.82, 2.24) is 29.5 Å². The normalized spacial score (nSPS) is 19.5. The lowest BCUT2D eigenvalue weighted by Gasteiger charge is -2.33. The number of amides is 3. The van der Waals surface area contributed by atoms with Gasteiger partial charge in [0.05, 0.1) is 16.7 Å². The van der Waals surface area contributed by atoms with Crippen LogP contribution in [-0.4, -0.2) is 72.4 Å². The number of rotatable bonds is 6. The number of nitrogens with zero attached hydrogens (tertiary/aromatic N) is 6. The van der Waals surface area contributed by atoms with Crippen molar-refractivity contribution in [2.24, 2.45) is 0 Å². The van der Waals surface area contributed by atoms with Crippen LogP contribution in [-0.2, 0) is 35.5 Å².